The molecule has 1 aliphatic rings. The van der Waals surface area contributed by atoms with Gasteiger partial charge in [0.25, 0.3) is 0 Å². The highest BCUT2D eigenvalue weighted by Gasteiger charge is 2.40. The number of aliphatic carboxylic acids is 1. The van der Waals surface area contributed by atoms with E-state index in [1.165, 1.54) is 4.90 Å². The van der Waals surface area contributed by atoms with E-state index in [-0.39, 0.29) is 11.8 Å². The maximum atomic E-state index is 12.0. The van der Waals surface area contributed by atoms with E-state index >= 15 is 0 Å². The second-order valence-electron chi connectivity index (χ2n) is 4.98. The number of hydrogen-bond donors (Lipinski definition) is 2. The molecule has 0 unspecified atom stereocenters. The molecule has 3 atom stereocenters. The van der Waals surface area contributed by atoms with Crippen LogP contribution in [0.4, 0.5) is 0 Å². The predicted octanol–water partition coefficient (Wildman–Crippen LogP) is 0.803. The summed E-state index contributed by atoms with van der Waals surface area (Å²) in [7, 11) is 0. The average molecular weight is 262 g/mol. The molecule has 5 nitrogen and oxygen atoms in total. The lowest BCUT2D eigenvalue weighted by Gasteiger charge is -2.23. The third kappa shape index (κ3) is 2.76. The van der Waals surface area contributed by atoms with Crippen molar-refractivity contribution in [2.45, 2.75) is 31.3 Å². The molecule has 2 rings (SSSR count). The minimum Gasteiger partial charge on any atom is -0.480 e. The summed E-state index contributed by atoms with van der Waals surface area (Å²) in [4.78, 5) is 24.6. The number of carboxylic acid groups (broad SMARTS) is 1. The Balaban J connectivity index is 2.21. The number of benzene rings is 1. The van der Waals surface area contributed by atoms with E-state index in [0.29, 0.717) is 13.0 Å². The van der Waals surface area contributed by atoms with Gasteiger partial charge in [-0.05, 0) is 18.9 Å². The van der Waals surface area contributed by atoms with Crippen LogP contribution in [0, 0.1) is 0 Å². The Morgan fingerprint density at radius 2 is 2.00 bits per heavy atom. The van der Waals surface area contributed by atoms with E-state index in [0.717, 1.165) is 5.56 Å². The van der Waals surface area contributed by atoms with Gasteiger partial charge in [0.15, 0.2) is 0 Å². The molecule has 102 valence electrons. The van der Waals surface area contributed by atoms with Crippen LogP contribution in [0.5, 0.6) is 0 Å². The van der Waals surface area contributed by atoms with Crippen molar-refractivity contribution in [1.29, 1.82) is 0 Å². The fourth-order valence-corrected chi connectivity index (χ4v) is 2.54. The van der Waals surface area contributed by atoms with Crippen LogP contribution in [0.2, 0.25) is 0 Å². The van der Waals surface area contributed by atoms with Gasteiger partial charge >= 0.3 is 5.97 Å². The Labute approximate surface area is 112 Å². The van der Waals surface area contributed by atoms with Gasteiger partial charge in [0.2, 0.25) is 5.91 Å². The zero-order valence-electron chi connectivity index (χ0n) is 10.8. The molecule has 0 bridgehead atoms. The number of nitrogens with two attached hydrogens (primary N) is 1. The molecule has 0 spiro atoms. The van der Waals surface area contributed by atoms with Crippen LogP contribution < -0.4 is 5.73 Å². The highest BCUT2D eigenvalue weighted by Crippen LogP contribution is 2.32. The predicted molar refractivity (Wildman–Crippen MR) is 70.6 cm³/mol. The summed E-state index contributed by atoms with van der Waals surface area (Å²) in [6, 6.07) is 8.23. The van der Waals surface area contributed by atoms with Crippen molar-refractivity contribution >= 4 is 11.9 Å². The molecule has 1 aromatic carbocycles. The lowest BCUT2D eigenvalue weighted by atomic mass is 9.96. The fraction of sp³-hybridized carbons (Fsp3) is 0.429. The molecule has 0 aromatic heterocycles. The number of hydrogen-bond acceptors (Lipinski definition) is 3. The van der Waals surface area contributed by atoms with Crippen molar-refractivity contribution in [3.63, 3.8) is 0 Å². The zero-order chi connectivity index (χ0) is 14.0. The van der Waals surface area contributed by atoms with Crippen molar-refractivity contribution in [3.05, 3.63) is 35.9 Å². The van der Waals surface area contributed by atoms with Crippen molar-refractivity contribution in [1.82, 2.24) is 4.90 Å². The molecule has 19 heavy (non-hydrogen) atoms. The van der Waals surface area contributed by atoms with Crippen molar-refractivity contribution < 1.29 is 14.7 Å². The Morgan fingerprint density at radius 3 is 2.53 bits per heavy atom. The minimum atomic E-state index is -0.965. The summed E-state index contributed by atoms with van der Waals surface area (Å²) in [5.74, 6) is -1.21. The number of nitrogens with zero attached hydrogens (tertiary/aromatic N) is 1. The molecular formula is C14H18N2O3. The Morgan fingerprint density at radius 1 is 1.37 bits per heavy atom. The summed E-state index contributed by atoms with van der Waals surface area (Å²) in [5, 5.41) is 9.24. The molecule has 3 N–H and O–H groups in total. The average Bonchev–Trinajstić information content (AvgIpc) is 2.83. The lowest BCUT2D eigenvalue weighted by Crippen LogP contribution is -2.47. The van der Waals surface area contributed by atoms with Crippen molar-refractivity contribution in [3.8, 4) is 0 Å². The molecule has 0 aliphatic carbocycles. The van der Waals surface area contributed by atoms with Crippen molar-refractivity contribution in [2.75, 3.05) is 6.54 Å². The zero-order valence-corrected chi connectivity index (χ0v) is 10.8. The third-order valence-electron chi connectivity index (χ3n) is 3.53. The Kier molecular flexibility index (Phi) is 3.85. The van der Waals surface area contributed by atoms with E-state index in [9.17, 15) is 14.7 Å². The molecule has 1 saturated heterocycles. The molecule has 5 heteroatoms. The molecule has 1 heterocycles. The van der Waals surface area contributed by atoms with Gasteiger partial charge in [0.1, 0.15) is 6.04 Å². The van der Waals surface area contributed by atoms with Crippen LogP contribution in [-0.4, -0.2) is 40.5 Å². The van der Waals surface area contributed by atoms with E-state index in [4.69, 9.17) is 5.73 Å². The smallest absolute Gasteiger partial charge is 0.326 e. The monoisotopic (exact) mass is 262 g/mol. The van der Waals surface area contributed by atoms with Crippen molar-refractivity contribution in [2.24, 2.45) is 5.73 Å². The van der Waals surface area contributed by atoms with E-state index < -0.39 is 18.1 Å². The van der Waals surface area contributed by atoms with E-state index in [2.05, 4.69) is 0 Å². The van der Waals surface area contributed by atoms with Gasteiger partial charge in [0, 0.05) is 12.5 Å². The first-order valence-corrected chi connectivity index (χ1v) is 6.34. The molecule has 1 fully saturated rings. The van der Waals surface area contributed by atoms with Crippen LogP contribution in [0.15, 0.2) is 30.3 Å². The normalized spacial score (nSPS) is 24.2. The standard InChI is InChI=1S/C14H18N2O3/c1-9(15)13(17)16-8-11(7-12(16)14(18)19)10-5-3-2-4-6-10/h2-6,9,11-12H,7-8,15H2,1H3,(H,18,19)/t9-,11-,12-/m0/s1. The molecular weight excluding hydrogens is 244 g/mol. The van der Waals surface area contributed by atoms with Crippen LogP contribution in [0.1, 0.15) is 24.8 Å². The van der Waals surface area contributed by atoms with Crippen LogP contribution >= 0.6 is 0 Å². The quantitative estimate of drug-likeness (QED) is 0.844. The second kappa shape index (κ2) is 5.40. The third-order valence-corrected chi connectivity index (χ3v) is 3.53. The summed E-state index contributed by atoms with van der Waals surface area (Å²) in [6.07, 6.45) is 0.442. The number of rotatable bonds is 3. The van der Waals surface area contributed by atoms with Gasteiger partial charge in [0.05, 0.1) is 6.04 Å². The minimum absolute atomic E-state index is 0.0602. The summed E-state index contributed by atoms with van der Waals surface area (Å²) in [5.41, 5.74) is 6.64. The number of amides is 1. The second-order valence-corrected chi connectivity index (χ2v) is 4.98. The molecule has 1 aromatic rings. The Hall–Kier alpha value is -1.88. The van der Waals surface area contributed by atoms with Gasteiger partial charge in [-0.3, -0.25) is 4.79 Å². The summed E-state index contributed by atoms with van der Waals surface area (Å²) in [6.45, 7) is 2.00. The Bertz CT molecular complexity index is 473. The highest BCUT2D eigenvalue weighted by atomic mass is 16.4. The highest BCUT2D eigenvalue weighted by molar-refractivity contribution is 5.87. The first-order chi connectivity index (χ1) is 9.00. The lowest BCUT2D eigenvalue weighted by molar-refractivity contribution is -0.148. The fourth-order valence-electron chi connectivity index (χ4n) is 2.54. The van der Waals surface area contributed by atoms with Gasteiger partial charge < -0.3 is 15.7 Å². The van der Waals surface area contributed by atoms with Gasteiger partial charge in [-0.1, -0.05) is 30.3 Å². The molecule has 0 radical (unpaired) electrons. The molecule has 1 aliphatic heterocycles. The molecule has 0 saturated carbocycles. The van der Waals surface area contributed by atoms with E-state index in [1.807, 2.05) is 30.3 Å². The first kappa shape index (κ1) is 13.5. The number of carboxylic acids is 1. The van der Waals surface area contributed by atoms with Crippen LogP contribution in [0.25, 0.3) is 0 Å². The largest absolute Gasteiger partial charge is 0.480 e. The van der Waals surface area contributed by atoms with E-state index in [1.54, 1.807) is 6.92 Å². The van der Waals surface area contributed by atoms with Crippen LogP contribution in [0.3, 0.4) is 0 Å². The number of carbonyl (C=O) groups excluding carboxylic acids is 1. The van der Waals surface area contributed by atoms with Gasteiger partial charge in [-0.15, -0.1) is 0 Å². The molecule has 1 amide bonds. The number of likely N-dealkylation sites (tertiary alicyclic amines) is 1. The topological polar surface area (TPSA) is 83.6 Å². The maximum absolute atomic E-state index is 12.0. The van der Waals surface area contributed by atoms with Gasteiger partial charge in [-0.2, -0.15) is 0 Å². The van der Waals surface area contributed by atoms with Gasteiger partial charge in [-0.25, -0.2) is 4.79 Å². The summed E-state index contributed by atoms with van der Waals surface area (Å²) < 4.78 is 0. The SMILES string of the molecule is C[C@H](N)C(=O)N1C[C@@H](c2ccccc2)C[C@H]1C(=O)O. The number of carbonyl (C=O) groups is 2. The first-order valence-electron chi connectivity index (χ1n) is 6.34. The van der Waals surface area contributed by atoms with Crippen LogP contribution in [-0.2, 0) is 9.59 Å². The summed E-state index contributed by atoms with van der Waals surface area (Å²) >= 11 is 0. The maximum Gasteiger partial charge on any atom is 0.326 e.